The van der Waals surface area contributed by atoms with Crippen molar-refractivity contribution in [2.24, 2.45) is 0 Å². The summed E-state index contributed by atoms with van der Waals surface area (Å²) in [5.41, 5.74) is 2.34. The molecule has 0 radical (unpaired) electrons. The van der Waals surface area contributed by atoms with Gasteiger partial charge in [0.2, 0.25) is 0 Å². The first-order valence-corrected chi connectivity index (χ1v) is 4.53. The lowest BCUT2D eigenvalue weighted by Gasteiger charge is -2.01. The molecule has 0 rings (SSSR count). The van der Waals surface area contributed by atoms with Gasteiger partial charge < -0.3 is 0 Å². The van der Waals surface area contributed by atoms with Crippen molar-refractivity contribution in [1.29, 1.82) is 5.26 Å². The molecule has 13 heavy (non-hydrogen) atoms. The minimum Gasteiger partial charge on any atom is -0.192 e. The van der Waals surface area contributed by atoms with E-state index < -0.39 is 0 Å². The molecule has 0 amide bonds. The maximum atomic E-state index is 8.83. The average molecular weight is 196 g/mol. The van der Waals surface area contributed by atoms with Gasteiger partial charge in [0.25, 0.3) is 0 Å². The van der Waals surface area contributed by atoms with Crippen LogP contribution in [-0.4, -0.2) is 0 Å². The molecule has 0 aliphatic heterocycles. The summed E-state index contributed by atoms with van der Waals surface area (Å²) < 4.78 is 0. The van der Waals surface area contributed by atoms with Crippen molar-refractivity contribution < 1.29 is 0 Å². The summed E-state index contributed by atoms with van der Waals surface area (Å²) in [6, 6.07) is 2.06. The molecule has 1 nitrogen and oxygen atoms in total. The van der Waals surface area contributed by atoms with Gasteiger partial charge in [-0.05, 0) is 31.9 Å². The maximum absolute atomic E-state index is 8.83. The lowest BCUT2D eigenvalue weighted by Crippen LogP contribution is -1.86. The van der Waals surface area contributed by atoms with E-state index in [1.54, 1.807) is 6.08 Å². The molecule has 0 aromatic rings. The summed E-state index contributed by atoms with van der Waals surface area (Å²) >= 11 is 5.94. The van der Waals surface area contributed by atoms with Crippen molar-refractivity contribution in [3.05, 3.63) is 34.4 Å². The fourth-order valence-corrected chi connectivity index (χ4v) is 1.20. The van der Waals surface area contributed by atoms with Gasteiger partial charge in [0.05, 0.1) is 10.6 Å². The lowest BCUT2D eigenvalue weighted by molar-refractivity contribution is 1.13. The molecule has 0 aliphatic carbocycles. The average Bonchev–Trinajstić information content (AvgIpc) is 2.03. The summed E-state index contributed by atoms with van der Waals surface area (Å²) in [4.78, 5) is 0. The van der Waals surface area contributed by atoms with Crippen LogP contribution in [0, 0.1) is 11.3 Å². The second-order valence-electron chi connectivity index (χ2n) is 3.01. The first-order chi connectivity index (χ1) is 6.02. The number of halogens is 1. The largest absolute Gasteiger partial charge is 0.192 e. The Bertz CT molecular complexity index is 299. The standard InChI is InChI=1S/C11H14ClN/c1-5-9(4)10(7-13)11(12)6-8(2)3/h6H,4-5H2,1-3H3. The van der Waals surface area contributed by atoms with E-state index in [2.05, 4.69) is 12.6 Å². The minimum atomic E-state index is 0.481. The van der Waals surface area contributed by atoms with Crippen molar-refractivity contribution in [3.8, 4) is 6.07 Å². The highest BCUT2D eigenvalue weighted by Crippen LogP contribution is 2.20. The zero-order chi connectivity index (χ0) is 10.4. The highest BCUT2D eigenvalue weighted by Gasteiger charge is 2.04. The first kappa shape index (κ1) is 12.0. The van der Waals surface area contributed by atoms with E-state index in [1.165, 1.54) is 0 Å². The smallest absolute Gasteiger partial charge is 0.101 e. The molecule has 0 N–H and O–H groups in total. The number of nitriles is 1. The third-order valence-electron chi connectivity index (χ3n) is 1.55. The van der Waals surface area contributed by atoms with Crippen LogP contribution < -0.4 is 0 Å². The third-order valence-corrected chi connectivity index (χ3v) is 1.84. The second kappa shape index (κ2) is 5.61. The summed E-state index contributed by atoms with van der Waals surface area (Å²) in [6.07, 6.45) is 2.52. The SMILES string of the molecule is C=C(CC)C(C#N)=C(Cl)C=C(C)C. The Balaban J connectivity index is 5.05. The van der Waals surface area contributed by atoms with Crippen LogP contribution >= 0.6 is 11.6 Å². The number of hydrogen-bond donors (Lipinski definition) is 0. The van der Waals surface area contributed by atoms with E-state index in [4.69, 9.17) is 16.9 Å². The van der Waals surface area contributed by atoms with Crippen LogP contribution in [0.3, 0.4) is 0 Å². The molecule has 0 unspecified atom stereocenters. The fraction of sp³-hybridized carbons (Fsp3) is 0.364. The van der Waals surface area contributed by atoms with Crippen molar-refractivity contribution in [2.75, 3.05) is 0 Å². The van der Waals surface area contributed by atoms with Crippen LogP contribution in [0.15, 0.2) is 34.4 Å². The van der Waals surface area contributed by atoms with Gasteiger partial charge in [-0.15, -0.1) is 0 Å². The van der Waals surface area contributed by atoms with Gasteiger partial charge in [0.15, 0.2) is 0 Å². The highest BCUT2D eigenvalue weighted by molar-refractivity contribution is 6.32. The van der Waals surface area contributed by atoms with Gasteiger partial charge in [-0.25, -0.2) is 0 Å². The Hall–Kier alpha value is -1.000. The van der Waals surface area contributed by atoms with Crippen LogP contribution in [0.4, 0.5) is 0 Å². The van der Waals surface area contributed by atoms with Crippen LogP contribution in [-0.2, 0) is 0 Å². The van der Waals surface area contributed by atoms with Crippen LogP contribution in [0.1, 0.15) is 27.2 Å². The predicted octanol–water partition coefficient (Wildman–Crippen LogP) is 3.94. The quantitative estimate of drug-likeness (QED) is 0.495. The van der Waals surface area contributed by atoms with Gasteiger partial charge >= 0.3 is 0 Å². The van der Waals surface area contributed by atoms with Gasteiger partial charge in [-0.3, -0.25) is 0 Å². The molecule has 0 saturated heterocycles. The molecule has 0 saturated carbocycles. The van der Waals surface area contributed by atoms with Crippen molar-refractivity contribution in [3.63, 3.8) is 0 Å². The molecule has 0 aromatic heterocycles. The zero-order valence-corrected chi connectivity index (χ0v) is 9.07. The van der Waals surface area contributed by atoms with Crippen LogP contribution in [0.5, 0.6) is 0 Å². The molecule has 0 heterocycles. The molecule has 70 valence electrons. The molecule has 2 heteroatoms. The molecule has 0 spiro atoms. The summed E-state index contributed by atoms with van der Waals surface area (Å²) in [7, 11) is 0. The molecule has 0 atom stereocenters. The van der Waals surface area contributed by atoms with Crippen molar-refractivity contribution >= 4 is 11.6 Å². The number of nitrogens with zero attached hydrogens (tertiary/aromatic N) is 1. The Kier molecular flexibility index (Phi) is 5.18. The summed E-state index contributed by atoms with van der Waals surface area (Å²) in [5, 5.41) is 9.31. The van der Waals surface area contributed by atoms with Gasteiger partial charge in [-0.2, -0.15) is 5.26 Å². The Morgan fingerprint density at radius 2 is 2.08 bits per heavy atom. The van der Waals surface area contributed by atoms with E-state index in [9.17, 15) is 0 Å². The zero-order valence-electron chi connectivity index (χ0n) is 8.32. The van der Waals surface area contributed by atoms with Crippen LogP contribution in [0.2, 0.25) is 0 Å². The maximum Gasteiger partial charge on any atom is 0.101 e. The topological polar surface area (TPSA) is 23.8 Å². The number of rotatable bonds is 3. The Morgan fingerprint density at radius 1 is 1.54 bits per heavy atom. The Labute approximate surface area is 85.0 Å². The Morgan fingerprint density at radius 3 is 2.38 bits per heavy atom. The second-order valence-corrected chi connectivity index (χ2v) is 3.42. The van der Waals surface area contributed by atoms with E-state index in [0.717, 1.165) is 17.6 Å². The van der Waals surface area contributed by atoms with Gasteiger partial charge in [0, 0.05) is 0 Å². The molecular weight excluding hydrogens is 182 g/mol. The van der Waals surface area contributed by atoms with Gasteiger partial charge in [-0.1, -0.05) is 30.7 Å². The highest BCUT2D eigenvalue weighted by atomic mass is 35.5. The molecule has 0 bridgehead atoms. The summed E-state index contributed by atoms with van der Waals surface area (Å²) in [6.45, 7) is 9.60. The molecular formula is C11H14ClN. The van der Waals surface area contributed by atoms with Crippen LogP contribution in [0.25, 0.3) is 0 Å². The fourth-order valence-electron chi connectivity index (χ4n) is 0.804. The third kappa shape index (κ3) is 3.96. The van der Waals surface area contributed by atoms with Crippen molar-refractivity contribution in [1.82, 2.24) is 0 Å². The molecule has 0 fully saturated rings. The van der Waals surface area contributed by atoms with Crippen molar-refractivity contribution in [2.45, 2.75) is 27.2 Å². The van der Waals surface area contributed by atoms with E-state index >= 15 is 0 Å². The summed E-state index contributed by atoms with van der Waals surface area (Å²) in [5.74, 6) is 0. The molecule has 0 aromatic carbocycles. The van der Waals surface area contributed by atoms with E-state index in [-0.39, 0.29) is 0 Å². The van der Waals surface area contributed by atoms with E-state index in [1.807, 2.05) is 20.8 Å². The van der Waals surface area contributed by atoms with Gasteiger partial charge in [0.1, 0.15) is 6.07 Å². The lowest BCUT2D eigenvalue weighted by atomic mass is 10.1. The molecule has 0 aliphatic rings. The minimum absolute atomic E-state index is 0.481. The first-order valence-electron chi connectivity index (χ1n) is 4.15. The normalized spacial score (nSPS) is 11.3. The predicted molar refractivity (Wildman–Crippen MR) is 57.4 cm³/mol. The monoisotopic (exact) mass is 195 g/mol. The number of allylic oxidation sites excluding steroid dienone is 5. The van der Waals surface area contributed by atoms with E-state index in [0.29, 0.717) is 10.6 Å². The number of hydrogen-bond acceptors (Lipinski definition) is 1.